The van der Waals surface area contributed by atoms with Crippen LogP contribution in [-0.4, -0.2) is 261 Å². The van der Waals surface area contributed by atoms with Crippen molar-refractivity contribution >= 4 is 113 Å². The summed E-state index contributed by atoms with van der Waals surface area (Å²) in [5.74, 6) is -10.5. The molecule has 4 amide bonds. The first-order chi connectivity index (χ1) is 58.3. The molecule has 7 fully saturated rings. The molecule has 3 aromatic heterocycles. The van der Waals surface area contributed by atoms with Crippen molar-refractivity contribution in [1.29, 1.82) is 0 Å². The number of carboxylic acids is 2. The van der Waals surface area contributed by atoms with E-state index in [9.17, 15) is 96.7 Å². The van der Waals surface area contributed by atoms with Crippen molar-refractivity contribution in [3.63, 3.8) is 0 Å². The monoisotopic (exact) mass is 1760 g/mol. The van der Waals surface area contributed by atoms with Gasteiger partial charge in [0.1, 0.15) is 36.5 Å². The SMILES string of the molecule is CSC1CC(=O)C([C@H]2C[C@@H](COCCS(=O)(=O)O)N(CC(=O)C[C@H](C(=O)N[C@@H](C)C(=O)Cc3ccc(COC(=O)N(CCOC45CC6(C)CC(C)(CC(Cn7ncc(-c8ccc(N9CCc%10cccc(C(=O)Nc%11nc%12ccccc%12s%11)c%10C9)nc8C(=O)O)c7C)(C6)C4)C5)CC[C@H](O)CO)c(CC[C@@H]4O[C@H](C(=O)O)[C@@H](O)[C@H](O)[C@H]4O)c3)C(C)C)C2=O)C1=O. The number of amides is 4. The van der Waals surface area contributed by atoms with Gasteiger partial charge in [0.15, 0.2) is 34.3 Å². The number of Topliss-reactive ketones (excluding diaryl/α,β-unsaturated/α-hetero) is 4. The molecule has 4 bridgehead atoms. The summed E-state index contributed by atoms with van der Waals surface area (Å²) < 4.78 is 59.4. The first-order valence-electron chi connectivity index (χ1n) is 41.7. The van der Waals surface area contributed by atoms with Crippen molar-refractivity contribution in [3.8, 4) is 11.1 Å². The van der Waals surface area contributed by atoms with E-state index < -0.39 is 185 Å². The van der Waals surface area contributed by atoms with Crippen molar-refractivity contribution in [2.45, 2.75) is 211 Å². The molecule has 33 nitrogen and oxygen atoms in total. The number of carbonyl (C=O) groups is 10. The van der Waals surface area contributed by atoms with Gasteiger partial charge in [0.05, 0.1) is 102 Å². The van der Waals surface area contributed by atoms with Gasteiger partial charge in [0.2, 0.25) is 11.8 Å². The normalized spacial score (nSPS) is 26.8. The highest BCUT2D eigenvalue weighted by atomic mass is 32.2. The quantitative estimate of drug-likeness (QED) is 0.0111. The Labute approximate surface area is 720 Å². The van der Waals surface area contributed by atoms with Crippen molar-refractivity contribution in [1.82, 2.24) is 34.9 Å². The van der Waals surface area contributed by atoms with E-state index in [1.807, 2.05) is 59.0 Å². The molecule has 0 radical (unpaired) electrons. The van der Waals surface area contributed by atoms with Gasteiger partial charge < -0.3 is 74.7 Å². The molecule has 3 aromatic carbocycles. The van der Waals surface area contributed by atoms with Crippen LogP contribution in [0.15, 0.2) is 79.0 Å². The Bertz CT molecular complexity index is 5100. The first kappa shape index (κ1) is 91.6. The Morgan fingerprint density at radius 1 is 0.862 bits per heavy atom. The second kappa shape index (κ2) is 37.6. The van der Waals surface area contributed by atoms with E-state index in [4.69, 9.17) is 29.0 Å². The number of ketones is 4. The summed E-state index contributed by atoms with van der Waals surface area (Å²) in [4.78, 5) is 151. The number of hydrogen-bond acceptors (Lipinski definition) is 27. The highest BCUT2D eigenvalue weighted by molar-refractivity contribution is 8.00. The van der Waals surface area contributed by atoms with Crippen LogP contribution < -0.4 is 15.5 Å². The minimum Gasteiger partial charge on any atom is -0.479 e. The highest BCUT2D eigenvalue weighted by Gasteiger charge is 2.66. The number of aromatic nitrogens is 4. The second-order valence-electron chi connectivity index (χ2n) is 35.7. The number of benzene rings is 3. The van der Waals surface area contributed by atoms with Gasteiger partial charge in [-0.3, -0.25) is 48.1 Å². The van der Waals surface area contributed by atoms with Crippen molar-refractivity contribution in [2.75, 3.05) is 74.8 Å². The lowest BCUT2D eigenvalue weighted by atomic mass is 9.39. The Morgan fingerprint density at radius 2 is 1.61 bits per heavy atom. The van der Waals surface area contributed by atoms with E-state index in [2.05, 4.69) is 29.5 Å². The number of thiazole rings is 1. The summed E-state index contributed by atoms with van der Waals surface area (Å²) in [6, 6.07) is 19.7. The third-order valence-electron chi connectivity index (χ3n) is 25.8. The lowest BCUT2D eigenvalue weighted by molar-refractivity contribution is -0.248. The number of para-hydroxylation sites is 1. The van der Waals surface area contributed by atoms with E-state index >= 15 is 0 Å². The Hall–Kier alpha value is -9.05. The molecule has 36 heteroatoms. The van der Waals surface area contributed by atoms with Crippen LogP contribution in [0.1, 0.15) is 160 Å². The molecule has 8 aliphatic rings. The van der Waals surface area contributed by atoms with Crippen molar-refractivity contribution in [2.24, 2.45) is 39.9 Å². The van der Waals surface area contributed by atoms with E-state index in [1.165, 1.54) is 39.8 Å². The van der Waals surface area contributed by atoms with Crippen LogP contribution in [0.4, 0.5) is 15.7 Å². The number of aromatic carboxylic acids is 1. The zero-order valence-electron chi connectivity index (χ0n) is 69.9. The number of pyridine rings is 1. The fraction of sp³-hybridized carbons (Fsp3) is 0.575. The number of aliphatic hydroxyl groups excluding tert-OH is 5. The third kappa shape index (κ3) is 20.7. The number of rotatable bonds is 38. The van der Waals surface area contributed by atoms with Crippen molar-refractivity contribution in [3.05, 3.63) is 124 Å². The van der Waals surface area contributed by atoms with Crippen LogP contribution in [0.3, 0.4) is 0 Å². The lowest BCUT2D eigenvalue weighted by Crippen LogP contribution is -2.64. The van der Waals surface area contributed by atoms with Crippen LogP contribution in [0.25, 0.3) is 21.3 Å². The Kier molecular flexibility index (Phi) is 28.0. The number of fused-ring (bicyclic) bond motifs is 2. The molecule has 5 aliphatic carbocycles. The van der Waals surface area contributed by atoms with E-state index in [-0.39, 0.29) is 92.7 Å². The predicted octanol–water partition coefficient (Wildman–Crippen LogP) is 6.62. The van der Waals surface area contributed by atoms with E-state index in [0.29, 0.717) is 76.8 Å². The minimum absolute atomic E-state index is 0.00318. The molecule has 6 heterocycles. The summed E-state index contributed by atoms with van der Waals surface area (Å²) in [7, 11) is -4.42. The molecule has 3 aliphatic heterocycles. The third-order valence-corrected chi connectivity index (χ3v) is 28.4. The maximum absolute atomic E-state index is 14.6. The predicted molar refractivity (Wildman–Crippen MR) is 450 cm³/mol. The molecular weight excluding hydrogens is 1650 g/mol. The van der Waals surface area contributed by atoms with Gasteiger partial charge in [0, 0.05) is 80.3 Å². The fourth-order valence-electron chi connectivity index (χ4n) is 20.8. The number of hydrogen-bond donors (Lipinski definition) is 10. The number of anilines is 2. The average molecular weight is 1760 g/mol. The summed E-state index contributed by atoms with van der Waals surface area (Å²) in [5, 5.41) is 84.2. The molecule has 664 valence electrons. The van der Waals surface area contributed by atoms with E-state index in [0.717, 1.165) is 59.1 Å². The van der Waals surface area contributed by atoms with Crippen LogP contribution >= 0.6 is 23.1 Å². The molecule has 123 heavy (non-hydrogen) atoms. The van der Waals surface area contributed by atoms with Crippen LogP contribution in [0, 0.1) is 46.8 Å². The standard InChI is InChI=1S/C87H109N9O24S3/c1-47(2)59(32-56(99)35-95-54(39-117-27-28-123(114,115)116)31-60(79(95)108)70-65(101)33-68(121-7)73(70)103)78(107)89-48(3)64(100)30-50-15-16-53(52(29-50)17-19-66-72(102)74(104)75(105)76(120-66)81(111)112)38-118-83(113)93(24-22-55(98)37-97)25-26-119-87-43-84(5)40-85(6,44-87)42-86(41-84,45-87)46-96-49(4)61(34-88-96)57-18-20-69(91-71(57)80(109)110)94-23-21-51-11-10-12-58(62(51)36-94)77(106)92-82-90-63-13-8-9-14-67(63)122-82/h8-16,18,20,29,34,47-48,54-55,59-60,66,68,70,72,74-76,97-98,102,104-105H,17,19,21-28,30-33,35-46H2,1-7H3,(H,89,107)(H,109,110)(H,111,112)(H,90,92,106)(H,114,115,116)/t48-,54-,55-,59-,60+,66-,68?,70?,72-,74+,75-,76-,84?,85?,86?,87?/m0/s1. The molecule has 10 N–H and O–H groups in total. The number of aliphatic hydroxyl groups is 5. The highest BCUT2D eigenvalue weighted by Crippen LogP contribution is 2.72. The summed E-state index contributed by atoms with van der Waals surface area (Å²) in [6.45, 7) is 10.4. The maximum atomic E-state index is 14.6. The van der Waals surface area contributed by atoms with Crippen LogP contribution in [0.5, 0.6) is 0 Å². The topological polar surface area (TPSA) is 481 Å². The first-order valence-corrected chi connectivity index (χ1v) is 45.4. The number of nitrogens with zero attached hydrogens (tertiary/aromatic N) is 7. The number of ether oxygens (including phenoxy) is 4. The minimum atomic E-state index is -4.42. The van der Waals surface area contributed by atoms with Gasteiger partial charge in [-0.25, -0.2) is 24.4 Å². The molecule has 14 rings (SSSR count). The number of aryl methyl sites for hydroxylation is 1. The zero-order chi connectivity index (χ0) is 88.5. The molecule has 4 unspecified atom stereocenters. The molecule has 14 atom stereocenters. The Morgan fingerprint density at radius 3 is 2.30 bits per heavy atom. The number of thioether (sulfide) groups is 1. The molecular formula is C87H109N9O24S3. The van der Waals surface area contributed by atoms with Crippen molar-refractivity contribution < 1.29 is 116 Å². The number of carboxylic acid groups (broad SMARTS) is 2. The summed E-state index contributed by atoms with van der Waals surface area (Å²) >= 11 is 2.58. The summed E-state index contributed by atoms with van der Waals surface area (Å²) in [5.41, 5.74) is 4.69. The molecule has 2 saturated heterocycles. The van der Waals surface area contributed by atoms with Gasteiger partial charge >= 0.3 is 18.0 Å². The van der Waals surface area contributed by atoms with Gasteiger partial charge in [-0.1, -0.05) is 81.5 Å². The average Bonchev–Trinajstić information content (AvgIpc) is 1.18. The zero-order valence-corrected chi connectivity index (χ0v) is 72.3. The number of aliphatic carboxylic acids is 1. The summed E-state index contributed by atoms with van der Waals surface area (Å²) in [6.07, 6.45) is -3.13. The van der Waals surface area contributed by atoms with Gasteiger partial charge in [-0.15, -0.1) is 0 Å². The lowest BCUT2D eigenvalue weighted by Gasteiger charge is -2.69. The van der Waals surface area contributed by atoms with Crippen LogP contribution in [-0.2, 0) is 102 Å². The number of likely N-dealkylation sites (tertiary alicyclic amines) is 1. The number of nitrogens with one attached hydrogen (secondary N) is 2. The fourth-order valence-corrected chi connectivity index (χ4v) is 22.7. The van der Waals surface area contributed by atoms with Gasteiger partial charge in [-0.2, -0.15) is 25.3 Å². The van der Waals surface area contributed by atoms with Gasteiger partial charge in [-0.05, 0) is 171 Å². The largest absolute Gasteiger partial charge is 0.479 e. The smallest absolute Gasteiger partial charge is 0.410 e. The Balaban J connectivity index is 0.664. The molecule has 6 aromatic rings. The van der Waals surface area contributed by atoms with E-state index in [1.54, 1.807) is 56.6 Å². The number of carbonyl (C=O) groups excluding carboxylic acids is 8. The molecule has 5 saturated carbocycles. The van der Waals surface area contributed by atoms with Crippen LogP contribution in [0.2, 0.25) is 0 Å². The van der Waals surface area contributed by atoms with Gasteiger partial charge in [0.25, 0.3) is 16.0 Å². The second-order valence-corrected chi connectivity index (χ2v) is 39.4. The molecule has 0 spiro atoms. The maximum Gasteiger partial charge on any atom is 0.410 e.